The van der Waals surface area contributed by atoms with Gasteiger partial charge in [0.2, 0.25) is 11.8 Å². The van der Waals surface area contributed by atoms with Gasteiger partial charge < -0.3 is 15.7 Å². The fraction of sp³-hybridized carbons (Fsp3) is 0.833. The number of amides is 2. The Kier molecular flexibility index (Phi) is 3.99. The van der Waals surface area contributed by atoms with Gasteiger partial charge in [0.1, 0.15) is 5.92 Å². The minimum absolute atomic E-state index is 0.172. The topological polar surface area (TPSA) is 78.4 Å². The van der Waals surface area contributed by atoms with E-state index in [2.05, 4.69) is 10.6 Å². The molecule has 0 aromatic rings. The Bertz CT molecular complexity index is 298. The normalized spacial score (nSPS) is 30.8. The minimum Gasteiger partial charge on any atom is -0.390 e. The highest BCUT2D eigenvalue weighted by atomic mass is 16.3. The van der Waals surface area contributed by atoms with Crippen molar-refractivity contribution in [2.24, 2.45) is 5.92 Å². The predicted molar refractivity (Wildman–Crippen MR) is 62.1 cm³/mol. The second-order valence-electron chi connectivity index (χ2n) is 4.99. The van der Waals surface area contributed by atoms with Crippen LogP contribution in [-0.4, -0.2) is 35.6 Å². The molecule has 0 bridgehead atoms. The van der Waals surface area contributed by atoms with Crippen molar-refractivity contribution in [3.63, 3.8) is 0 Å². The predicted octanol–water partition coefficient (Wildman–Crippen LogP) is -0.0677. The maximum Gasteiger partial charge on any atom is 0.235 e. The summed E-state index contributed by atoms with van der Waals surface area (Å²) in [7, 11) is 0. The molecule has 17 heavy (non-hydrogen) atoms. The lowest BCUT2D eigenvalue weighted by Crippen LogP contribution is -2.44. The van der Waals surface area contributed by atoms with Crippen molar-refractivity contribution in [2.45, 2.75) is 50.7 Å². The van der Waals surface area contributed by atoms with Crippen LogP contribution in [0.2, 0.25) is 0 Å². The van der Waals surface area contributed by atoms with E-state index in [1.165, 1.54) is 12.8 Å². The summed E-state index contributed by atoms with van der Waals surface area (Å²) in [6.07, 6.45) is 5.78. The molecule has 96 valence electrons. The van der Waals surface area contributed by atoms with Crippen LogP contribution < -0.4 is 10.6 Å². The van der Waals surface area contributed by atoms with Crippen LogP contribution in [0.15, 0.2) is 0 Å². The Hall–Kier alpha value is -1.10. The first kappa shape index (κ1) is 12.4. The molecule has 3 N–H and O–H groups in total. The molecular weight excluding hydrogens is 220 g/mol. The summed E-state index contributed by atoms with van der Waals surface area (Å²) in [4.78, 5) is 23.3. The number of aliphatic hydroxyl groups excluding tert-OH is 1. The van der Waals surface area contributed by atoms with Gasteiger partial charge in [-0.25, -0.2) is 0 Å². The lowest BCUT2D eigenvalue weighted by Gasteiger charge is -2.19. The summed E-state index contributed by atoms with van der Waals surface area (Å²) in [5, 5.41) is 15.0. The van der Waals surface area contributed by atoms with E-state index in [4.69, 9.17) is 0 Å². The average Bonchev–Trinajstić information content (AvgIpc) is 2.53. The minimum atomic E-state index is -0.918. The molecule has 1 saturated carbocycles. The molecular formula is C12H20N2O3. The monoisotopic (exact) mass is 240 g/mol. The van der Waals surface area contributed by atoms with Gasteiger partial charge in [0, 0.05) is 12.6 Å². The summed E-state index contributed by atoms with van der Waals surface area (Å²) in [5.41, 5.74) is 0. The first-order valence-electron chi connectivity index (χ1n) is 6.44. The summed E-state index contributed by atoms with van der Waals surface area (Å²) < 4.78 is 0. The molecule has 0 aromatic heterocycles. The van der Waals surface area contributed by atoms with Crippen LogP contribution in [-0.2, 0) is 9.59 Å². The van der Waals surface area contributed by atoms with Crippen molar-refractivity contribution < 1.29 is 14.7 Å². The van der Waals surface area contributed by atoms with Gasteiger partial charge >= 0.3 is 0 Å². The maximum atomic E-state index is 11.9. The second kappa shape index (κ2) is 5.49. The zero-order valence-electron chi connectivity index (χ0n) is 9.95. The van der Waals surface area contributed by atoms with E-state index in [9.17, 15) is 14.7 Å². The molecule has 2 unspecified atom stereocenters. The average molecular weight is 240 g/mol. The Balaban J connectivity index is 1.89. The number of hydrogen-bond acceptors (Lipinski definition) is 3. The third-order valence-corrected chi connectivity index (χ3v) is 3.64. The highest BCUT2D eigenvalue weighted by Crippen LogP contribution is 2.18. The summed E-state index contributed by atoms with van der Waals surface area (Å²) in [5.74, 6) is -1.60. The number of carbonyl (C=O) groups excluding carboxylic acids is 2. The quantitative estimate of drug-likeness (QED) is 0.467. The number of β-amino-alcohol motifs (C(OH)–C–C–N with tert-alkyl or cyclic N) is 1. The van der Waals surface area contributed by atoms with E-state index in [0.29, 0.717) is 0 Å². The molecule has 0 spiro atoms. The number of carbonyl (C=O) groups is 2. The van der Waals surface area contributed by atoms with Gasteiger partial charge in [-0.15, -0.1) is 0 Å². The first-order chi connectivity index (χ1) is 8.18. The largest absolute Gasteiger partial charge is 0.390 e. The van der Waals surface area contributed by atoms with E-state index in [0.717, 1.165) is 25.7 Å². The van der Waals surface area contributed by atoms with E-state index < -0.39 is 12.0 Å². The van der Waals surface area contributed by atoms with Crippen LogP contribution in [0.5, 0.6) is 0 Å². The molecule has 1 aliphatic heterocycles. The summed E-state index contributed by atoms with van der Waals surface area (Å²) in [6, 6.07) is 0.172. The molecule has 2 aliphatic rings. The van der Waals surface area contributed by atoms with E-state index >= 15 is 0 Å². The zero-order chi connectivity index (χ0) is 12.3. The smallest absolute Gasteiger partial charge is 0.235 e. The first-order valence-corrected chi connectivity index (χ1v) is 6.44. The summed E-state index contributed by atoms with van der Waals surface area (Å²) in [6.45, 7) is 0.182. The molecule has 2 rings (SSSR count). The van der Waals surface area contributed by atoms with Crippen molar-refractivity contribution in [3.8, 4) is 0 Å². The van der Waals surface area contributed by atoms with Crippen molar-refractivity contribution in [1.29, 1.82) is 0 Å². The number of rotatable bonds is 2. The van der Waals surface area contributed by atoms with Crippen molar-refractivity contribution in [3.05, 3.63) is 0 Å². The molecule has 1 heterocycles. The van der Waals surface area contributed by atoms with Crippen molar-refractivity contribution in [1.82, 2.24) is 10.6 Å². The van der Waals surface area contributed by atoms with Crippen LogP contribution in [0.1, 0.15) is 38.5 Å². The molecule has 1 saturated heterocycles. The van der Waals surface area contributed by atoms with E-state index in [1.54, 1.807) is 0 Å². The lowest BCUT2D eigenvalue weighted by molar-refractivity contribution is -0.136. The molecule has 5 heteroatoms. The molecule has 0 aromatic carbocycles. The van der Waals surface area contributed by atoms with Crippen molar-refractivity contribution >= 4 is 11.8 Å². The van der Waals surface area contributed by atoms with Gasteiger partial charge in [0.25, 0.3) is 0 Å². The maximum absolute atomic E-state index is 11.9. The molecule has 0 radical (unpaired) electrons. The van der Waals surface area contributed by atoms with Crippen molar-refractivity contribution in [2.75, 3.05) is 6.54 Å². The summed E-state index contributed by atoms with van der Waals surface area (Å²) >= 11 is 0. The number of hydrogen-bond donors (Lipinski definition) is 3. The molecule has 2 amide bonds. The van der Waals surface area contributed by atoms with Gasteiger partial charge in [0.15, 0.2) is 0 Å². The molecule has 2 fully saturated rings. The number of aliphatic hydroxyl groups is 1. The SMILES string of the molecule is O=C1NCC(O)C1C(=O)NC1CCCCCC1. The van der Waals surface area contributed by atoms with E-state index in [1.807, 2.05) is 0 Å². The Morgan fingerprint density at radius 1 is 1.24 bits per heavy atom. The Morgan fingerprint density at radius 2 is 1.88 bits per heavy atom. The van der Waals surface area contributed by atoms with Crippen LogP contribution in [0.4, 0.5) is 0 Å². The Morgan fingerprint density at radius 3 is 2.41 bits per heavy atom. The van der Waals surface area contributed by atoms with Crippen LogP contribution in [0, 0.1) is 5.92 Å². The molecule has 5 nitrogen and oxygen atoms in total. The van der Waals surface area contributed by atoms with Crippen LogP contribution in [0.25, 0.3) is 0 Å². The van der Waals surface area contributed by atoms with Gasteiger partial charge in [-0.2, -0.15) is 0 Å². The third-order valence-electron chi connectivity index (χ3n) is 3.64. The Labute approximate surface area is 101 Å². The van der Waals surface area contributed by atoms with Gasteiger partial charge in [-0.1, -0.05) is 25.7 Å². The highest BCUT2D eigenvalue weighted by Gasteiger charge is 2.39. The highest BCUT2D eigenvalue weighted by molar-refractivity contribution is 6.02. The van der Waals surface area contributed by atoms with Gasteiger partial charge in [-0.3, -0.25) is 9.59 Å². The number of nitrogens with one attached hydrogen (secondary N) is 2. The van der Waals surface area contributed by atoms with E-state index in [-0.39, 0.29) is 24.4 Å². The standard InChI is InChI=1S/C12H20N2O3/c15-9-7-13-11(16)10(9)12(17)14-8-5-3-1-2-4-6-8/h8-10,15H,1-7H2,(H,13,16)(H,14,17). The molecule has 2 atom stereocenters. The lowest BCUT2D eigenvalue weighted by atomic mass is 10.0. The van der Waals surface area contributed by atoms with Gasteiger partial charge in [0.05, 0.1) is 6.10 Å². The second-order valence-corrected chi connectivity index (χ2v) is 4.99. The molecule has 1 aliphatic carbocycles. The zero-order valence-corrected chi connectivity index (χ0v) is 9.95. The van der Waals surface area contributed by atoms with Gasteiger partial charge in [-0.05, 0) is 12.8 Å². The van der Waals surface area contributed by atoms with Crippen LogP contribution >= 0.6 is 0 Å². The van der Waals surface area contributed by atoms with Crippen LogP contribution in [0.3, 0.4) is 0 Å². The fourth-order valence-corrected chi connectivity index (χ4v) is 2.62. The fourth-order valence-electron chi connectivity index (χ4n) is 2.62. The third kappa shape index (κ3) is 2.97.